The molecule has 5 heteroatoms. The van der Waals surface area contributed by atoms with E-state index in [-0.39, 0.29) is 5.91 Å². The van der Waals surface area contributed by atoms with E-state index in [9.17, 15) is 4.79 Å². The molecule has 0 atom stereocenters. The third-order valence-corrected chi connectivity index (χ3v) is 3.86. The Bertz CT molecular complexity index is 637. The maximum Gasteiger partial charge on any atom is 0.254 e. The molecule has 3 rings (SSSR count). The van der Waals surface area contributed by atoms with Crippen molar-refractivity contribution in [2.24, 2.45) is 0 Å². The van der Waals surface area contributed by atoms with E-state index in [0.29, 0.717) is 24.4 Å². The maximum atomic E-state index is 12.5. The first-order valence-corrected chi connectivity index (χ1v) is 7.37. The number of methoxy groups -OCH3 is 1. The lowest BCUT2D eigenvalue weighted by Gasteiger charge is -2.35. The monoisotopic (exact) mass is 297 g/mol. The number of nitrogens with zero attached hydrogens (tertiary/aromatic N) is 3. The third kappa shape index (κ3) is 3.03. The highest BCUT2D eigenvalue weighted by Crippen LogP contribution is 2.17. The van der Waals surface area contributed by atoms with E-state index in [1.165, 1.54) is 0 Å². The Morgan fingerprint density at radius 3 is 2.59 bits per heavy atom. The standard InChI is InChI=1S/C17H19N3O2/c1-22-15-6-4-5-14(13-15)17(21)20-11-9-19(10-12-20)16-7-2-3-8-18-16/h2-8,13H,9-12H2,1H3. The Morgan fingerprint density at radius 2 is 1.91 bits per heavy atom. The van der Waals surface area contributed by atoms with Crippen molar-refractivity contribution in [3.63, 3.8) is 0 Å². The fourth-order valence-corrected chi connectivity index (χ4v) is 2.62. The Hall–Kier alpha value is -2.56. The fraction of sp³-hybridized carbons (Fsp3) is 0.294. The van der Waals surface area contributed by atoms with E-state index in [1.807, 2.05) is 41.3 Å². The van der Waals surface area contributed by atoms with Crippen LogP contribution in [0.25, 0.3) is 0 Å². The summed E-state index contributed by atoms with van der Waals surface area (Å²) in [6.45, 7) is 3.00. The summed E-state index contributed by atoms with van der Waals surface area (Å²) >= 11 is 0. The molecule has 5 nitrogen and oxygen atoms in total. The van der Waals surface area contributed by atoms with Crippen LogP contribution in [0.1, 0.15) is 10.4 Å². The van der Waals surface area contributed by atoms with Crippen LogP contribution in [0.2, 0.25) is 0 Å². The highest BCUT2D eigenvalue weighted by molar-refractivity contribution is 5.94. The Labute approximate surface area is 130 Å². The molecular formula is C17H19N3O2. The molecule has 2 aromatic rings. The summed E-state index contributed by atoms with van der Waals surface area (Å²) in [6.07, 6.45) is 1.79. The van der Waals surface area contributed by atoms with E-state index in [1.54, 1.807) is 19.4 Å². The zero-order chi connectivity index (χ0) is 15.4. The number of carbonyl (C=O) groups is 1. The van der Waals surface area contributed by atoms with Crippen LogP contribution in [0.4, 0.5) is 5.82 Å². The summed E-state index contributed by atoms with van der Waals surface area (Å²) in [5.41, 5.74) is 0.672. The first kappa shape index (κ1) is 14.4. The van der Waals surface area contributed by atoms with Crippen LogP contribution in [0.5, 0.6) is 5.75 Å². The first-order chi connectivity index (χ1) is 10.8. The minimum absolute atomic E-state index is 0.0552. The second kappa shape index (κ2) is 6.47. The second-order valence-electron chi connectivity index (χ2n) is 5.20. The number of carbonyl (C=O) groups excluding carboxylic acids is 1. The molecule has 0 unspecified atom stereocenters. The Morgan fingerprint density at radius 1 is 1.09 bits per heavy atom. The number of hydrogen-bond acceptors (Lipinski definition) is 4. The average Bonchev–Trinajstić information content (AvgIpc) is 2.62. The molecular weight excluding hydrogens is 278 g/mol. The number of anilines is 1. The van der Waals surface area contributed by atoms with Gasteiger partial charge < -0.3 is 14.5 Å². The van der Waals surface area contributed by atoms with Crippen molar-refractivity contribution in [3.05, 3.63) is 54.2 Å². The lowest BCUT2D eigenvalue weighted by molar-refractivity contribution is 0.0746. The van der Waals surface area contributed by atoms with E-state index in [4.69, 9.17) is 4.74 Å². The SMILES string of the molecule is COc1cccc(C(=O)N2CCN(c3ccccn3)CC2)c1. The zero-order valence-corrected chi connectivity index (χ0v) is 12.6. The van der Waals surface area contributed by atoms with Gasteiger partial charge in [-0.2, -0.15) is 0 Å². The van der Waals surface area contributed by atoms with E-state index < -0.39 is 0 Å². The molecule has 0 aliphatic carbocycles. The second-order valence-corrected chi connectivity index (χ2v) is 5.20. The van der Waals surface area contributed by atoms with Gasteiger partial charge >= 0.3 is 0 Å². The van der Waals surface area contributed by atoms with Crippen molar-refractivity contribution in [1.29, 1.82) is 0 Å². The van der Waals surface area contributed by atoms with Crippen LogP contribution in [0.3, 0.4) is 0 Å². The molecule has 22 heavy (non-hydrogen) atoms. The normalized spacial score (nSPS) is 14.8. The van der Waals surface area contributed by atoms with Crippen LogP contribution in [-0.2, 0) is 0 Å². The largest absolute Gasteiger partial charge is 0.497 e. The molecule has 0 spiro atoms. The van der Waals surface area contributed by atoms with Gasteiger partial charge in [-0.05, 0) is 30.3 Å². The van der Waals surface area contributed by atoms with Crippen LogP contribution < -0.4 is 9.64 Å². The maximum absolute atomic E-state index is 12.5. The third-order valence-electron chi connectivity index (χ3n) is 3.86. The number of pyridine rings is 1. The molecule has 0 bridgehead atoms. The molecule has 0 saturated carbocycles. The summed E-state index contributed by atoms with van der Waals surface area (Å²) in [7, 11) is 1.61. The number of benzene rings is 1. The van der Waals surface area contributed by atoms with E-state index in [0.717, 1.165) is 18.9 Å². The van der Waals surface area contributed by atoms with Crippen molar-refractivity contribution in [3.8, 4) is 5.75 Å². The summed E-state index contributed by atoms with van der Waals surface area (Å²) in [5.74, 6) is 1.73. The predicted molar refractivity (Wildman–Crippen MR) is 85.3 cm³/mol. The minimum atomic E-state index is 0.0552. The van der Waals surface area contributed by atoms with Crippen molar-refractivity contribution in [1.82, 2.24) is 9.88 Å². The van der Waals surface area contributed by atoms with E-state index >= 15 is 0 Å². The van der Waals surface area contributed by atoms with Crippen molar-refractivity contribution in [2.75, 3.05) is 38.2 Å². The average molecular weight is 297 g/mol. The quantitative estimate of drug-likeness (QED) is 0.870. The zero-order valence-electron chi connectivity index (χ0n) is 12.6. The highest BCUT2D eigenvalue weighted by atomic mass is 16.5. The molecule has 114 valence electrons. The van der Waals surface area contributed by atoms with Crippen molar-refractivity contribution >= 4 is 11.7 Å². The van der Waals surface area contributed by atoms with Gasteiger partial charge in [-0.3, -0.25) is 4.79 Å². The number of hydrogen-bond donors (Lipinski definition) is 0. The molecule has 0 radical (unpaired) electrons. The van der Waals surface area contributed by atoms with E-state index in [2.05, 4.69) is 9.88 Å². The van der Waals surface area contributed by atoms with Gasteiger partial charge in [0.1, 0.15) is 11.6 Å². The van der Waals surface area contributed by atoms with Gasteiger partial charge in [-0.1, -0.05) is 12.1 Å². The van der Waals surface area contributed by atoms with Gasteiger partial charge in [0.15, 0.2) is 0 Å². The van der Waals surface area contributed by atoms with Crippen molar-refractivity contribution < 1.29 is 9.53 Å². The number of aromatic nitrogens is 1. The predicted octanol–water partition coefficient (Wildman–Crippen LogP) is 2.05. The molecule has 1 aliphatic rings. The van der Waals surface area contributed by atoms with Gasteiger partial charge in [0, 0.05) is 37.9 Å². The van der Waals surface area contributed by atoms with Crippen LogP contribution >= 0.6 is 0 Å². The molecule has 1 aromatic carbocycles. The summed E-state index contributed by atoms with van der Waals surface area (Å²) in [6, 6.07) is 13.2. The lowest BCUT2D eigenvalue weighted by Crippen LogP contribution is -2.49. The molecule has 1 saturated heterocycles. The summed E-state index contributed by atoms with van der Waals surface area (Å²) in [4.78, 5) is 21.0. The fourth-order valence-electron chi connectivity index (χ4n) is 2.62. The molecule has 2 heterocycles. The number of ether oxygens (including phenoxy) is 1. The topological polar surface area (TPSA) is 45.7 Å². The van der Waals surface area contributed by atoms with Crippen LogP contribution in [0.15, 0.2) is 48.7 Å². The smallest absolute Gasteiger partial charge is 0.254 e. The van der Waals surface area contributed by atoms with Crippen LogP contribution in [0, 0.1) is 0 Å². The Kier molecular flexibility index (Phi) is 4.23. The van der Waals surface area contributed by atoms with Gasteiger partial charge in [-0.25, -0.2) is 4.98 Å². The summed E-state index contributed by atoms with van der Waals surface area (Å²) < 4.78 is 5.18. The van der Waals surface area contributed by atoms with Gasteiger partial charge in [0.25, 0.3) is 5.91 Å². The number of rotatable bonds is 3. The van der Waals surface area contributed by atoms with Crippen molar-refractivity contribution in [2.45, 2.75) is 0 Å². The molecule has 1 aliphatic heterocycles. The molecule has 1 amide bonds. The van der Waals surface area contributed by atoms with Gasteiger partial charge in [0.2, 0.25) is 0 Å². The van der Waals surface area contributed by atoms with Gasteiger partial charge in [-0.15, -0.1) is 0 Å². The van der Waals surface area contributed by atoms with Gasteiger partial charge in [0.05, 0.1) is 7.11 Å². The number of amides is 1. The number of piperazine rings is 1. The summed E-state index contributed by atoms with van der Waals surface area (Å²) in [5, 5.41) is 0. The molecule has 0 N–H and O–H groups in total. The molecule has 1 fully saturated rings. The Balaban J connectivity index is 1.64. The first-order valence-electron chi connectivity index (χ1n) is 7.37. The molecule has 1 aromatic heterocycles. The van der Waals surface area contributed by atoms with Crippen LogP contribution in [-0.4, -0.2) is 49.1 Å². The highest BCUT2D eigenvalue weighted by Gasteiger charge is 2.22. The minimum Gasteiger partial charge on any atom is -0.497 e. The lowest BCUT2D eigenvalue weighted by atomic mass is 10.1.